The number of halogens is 1. The molecule has 2 aromatic carbocycles. The molecule has 6 unspecified atom stereocenters. The number of aliphatic hydroxyl groups is 1. The summed E-state index contributed by atoms with van der Waals surface area (Å²) in [6.07, 6.45) is 8.02. The van der Waals surface area contributed by atoms with E-state index < -0.39 is 11.7 Å². The molecule has 1 aliphatic carbocycles. The number of hydrogen-bond donors (Lipinski definition) is 2. The number of carbonyl (C=O) groups is 2. The van der Waals surface area contributed by atoms with Crippen molar-refractivity contribution in [3.05, 3.63) is 70.3 Å². The van der Waals surface area contributed by atoms with Gasteiger partial charge in [0, 0.05) is 47.9 Å². The number of anilines is 1. The van der Waals surface area contributed by atoms with Gasteiger partial charge in [-0.25, -0.2) is 0 Å². The lowest BCUT2D eigenvalue weighted by Gasteiger charge is -2.47. The normalized spacial score (nSPS) is 30.6. The van der Waals surface area contributed by atoms with Crippen molar-refractivity contribution in [3.63, 3.8) is 0 Å². The lowest BCUT2D eigenvalue weighted by molar-refractivity contribution is -0.135. The average molecular weight is 613 g/mol. The van der Waals surface area contributed by atoms with Gasteiger partial charge in [0.25, 0.3) is 5.91 Å². The van der Waals surface area contributed by atoms with Gasteiger partial charge >= 0.3 is 0 Å². The molecule has 42 heavy (non-hydrogen) atoms. The van der Waals surface area contributed by atoms with Crippen LogP contribution in [0.3, 0.4) is 0 Å². The van der Waals surface area contributed by atoms with Crippen molar-refractivity contribution in [2.45, 2.75) is 68.8 Å². The van der Waals surface area contributed by atoms with E-state index in [1.54, 1.807) is 13.2 Å². The van der Waals surface area contributed by atoms with Gasteiger partial charge in [-0.05, 0) is 98.0 Å². The predicted octanol–water partition coefficient (Wildman–Crippen LogP) is 5.97. The fourth-order valence-electron chi connectivity index (χ4n) is 6.50. The number of methoxy groups -OCH3 is 1. The van der Waals surface area contributed by atoms with Crippen LogP contribution in [-0.2, 0) is 16.0 Å². The second kappa shape index (κ2) is 13.4. The summed E-state index contributed by atoms with van der Waals surface area (Å²) in [5.41, 5.74) is 2.82. The highest BCUT2D eigenvalue weighted by Gasteiger charge is 2.47. The minimum Gasteiger partial charge on any atom is -0.491 e. The molecule has 3 aliphatic rings. The van der Waals surface area contributed by atoms with Crippen molar-refractivity contribution in [2.24, 2.45) is 11.8 Å². The van der Waals surface area contributed by atoms with Gasteiger partial charge in [-0.15, -0.1) is 0 Å². The molecule has 0 spiro atoms. The number of benzene rings is 2. The number of carbonyl (C=O) groups excluding carboxylic acids is 2. The third kappa shape index (κ3) is 6.37. The van der Waals surface area contributed by atoms with E-state index in [0.29, 0.717) is 31.7 Å². The Hall–Kier alpha value is -2.52. The molecule has 1 fully saturated rings. The molecular weight excluding hydrogens is 572 g/mol. The van der Waals surface area contributed by atoms with E-state index in [9.17, 15) is 14.7 Å². The lowest BCUT2D eigenvalue weighted by atomic mass is 9.64. The first-order chi connectivity index (χ1) is 20.3. The first kappa shape index (κ1) is 30.9. The molecule has 6 atom stereocenters. The molecule has 226 valence electrons. The largest absolute Gasteiger partial charge is 0.491 e. The molecular formula is C33H41ClN2O5S. The van der Waals surface area contributed by atoms with Crippen LogP contribution in [0, 0.1) is 11.8 Å². The van der Waals surface area contributed by atoms with Crippen LogP contribution in [0.25, 0.3) is 0 Å². The van der Waals surface area contributed by atoms with Crippen LogP contribution in [0.15, 0.2) is 48.6 Å². The Bertz CT molecular complexity index is 1320. The van der Waals surface area contributed by atoms with Crippen molar-refractivity contribution in [1.82, 2.24) is 4.72 Å². The van der Waals surface area contributed by atoms with Crippen LogP contribution >= 0.6 is 23.5 Å². The second-order valence-corrected chi connectivity index (χ2v) is 13.4. The summed E-state index contributed by atoms with van der Waals surface area (Å²) in [4.78, 5) is 28.1. The molecule has 1 amide bonds. The van der Waals surface area contributed by atoms with Gasteiger partial charge in [-0.1, -0.05) is 37.1 Å². The molecule has 0 aromatic heterocycles. The standard InChI is InChI=1S/C33H41ClN2O5S/c1-4-6-22-15-26(34)10-11-27(22)25-18-36-17-24-8-12-28(24)33(20-37,40-3)14-5-7-30(38)21(2)42-35-32(39)23-9-13-31(41-19-25)29(36)16-23/h5,9-11,13-16,20-21,24-25,28,30,38H,4,6-8,12,17-19H2,1-3H3,(H,35,39)/b14-5+. The number of hydrogen-bond acceptors (Lipinski definition) is 7. The van der Waals surface area contributed by atoms with Crippen molar-refractivity contribution < 1.29 is 24.2 Å². The summed E-state index contributed by atoms with van der Waals surface area (Å²) in [5, 5.41) is 11.2. The number of ether oxygens (including phenoxy) is 2. The van der Waals surface area contributed by atoms with Crippen LogP contribution in [0.4, 0.5) is 5.69 Å². The maximum absolute atomic E-state index is 13.2. The van der Waals surface area contributed by atoms with Crippen LogP contribution in [0.2, 0.25) is 5.02 Å². The lowest BCUT2D eigenvalue weighted by Crippen LogP contribution is -2.52. The topological polar surface area (TPSA) is 88.1 Å². The maximum atomic E-state index is 13.2. The number of aliphatic hydroxyl groups excluding tert-OH is 1. The van der Waals surface area contributed by atoms with Gasteiger partial charge in [0.2, 0.25) is 0 Å². The van der Waals surface area contributed by atoms with Crippen molar-refractivity contribution >= 4 is 41.4 Å². The molecule has 2 aliphatic heterocycles. The van der Waals surface area contributed by atoms with Crippen LogP contribution in [0.5, 0.6) is 5.75 Å². The molecule has 0 saturated heterocycles. The Kier molecular flexibility index (Phi) is 9.88. The third-order valence-corrected chi connectivity index (χ3v) is 10.4. The number of rotatable bonds is 5. The Morgan fingerprint density at radius 3 is 2.79 bits per heavy atom. The van der Waals surface area contributed by atoms with E-state index in [0.717, 1.165) is 48.4 Å². The van der Waals surface area contributed by atoms with Crippen molar-refractivity contribution in [2.75, 3.05) is 31.7 Å². The fraction of sp³-hybridized carbons (Fsp3) is 0.515. The number of aryl methyl sites for hydroxylation is 1. The number of nitrogens with one attached hydrogen (secondary N) is 1. The zero-order chi connectivity index (χ0) is 29.9. The number of nitrogens with zero attached hydrogens (tertiary/aromatic N) is 1. The highest BCUT2D eigenvalue weighted by molar-refractivity contribution is 7.98. The van der Waals surface area contributed by atoms with E-state index in [1.807, 2.05) is 37.3 Å². The molecule has 2 aromatic rings. The van der Waals surface area contributed by atoms with Gasteiger partial charge in [0.1, 0.15) is 11.4 Å². The summed E-state index contributed by atoms with van der Waals surface area (Å²) in [6, 6.07) is 11.7. The van der Waals surface area contributed by atoms with E-state index in [-0.39, 0.29) is 28.9 Å². The quantitative estimate of drug-likeness (QED) is 0.244. The van der Waals surface area contributed by atoms with Gasteiger partial charge in [0.15, 0.2) is 6.29 Å². The molecule has 7 nitrogen and oxygen atoms in total. The monoisotopic (exact) mass is 612 g/mol. The Morgan fingerprint density at radius 2 is 2.07 bits per heavy atom. The van der Waals surface area contributed by atoms with E-state index >= 15 is 0 Å². The number of amides is 1. The predicted molar refractivity (Wildman–Crippen MR) is 169 cm³/mol. The maximum Gasteiger partial charge on any atom is 0.261 e. The summed E-state index contributed by atoms with van der Waals surface area (Å²) >= 11 is 7.59. The molecule has 2 bridgehead atoms. The van der Waals surface area contributed by atoms with E-state index in [2.05, 4.69) is 28.7 Å². The van der Waals surface area contributed by atoms with Crippen molar-refractivity contribution in [3.8, 4) is 5.75 Å². The summed E-state index contributed by atoms with van der Waals surface area (Å²) in [6.45, 7) is 5.94. The minimum atomic E-state index is -1.05. The van der Waals surface area contributed by atoms with Crippen LogP contribution in [0.1, 0.15) is 66.9 Å². The Morgan fingerprint density at radius 1 is 1.24 bits per heavy atom. The van der Waals surface area contributed by atoms with E-state index in [4.69, 9.17) is 21.1 Å². The molecule has 2 heterocycles. The summed E-state index contributed by atoms with van der Waals surface area (Å²) in [7, 11) is 1.59. The van der Waals surface area contributed by atoms with Gasteiger partial charge in [0.05, 0.1) is 18.4 Å². The fourth-order valence-corrected chi connectivity index (χ4v) is 7.38. The second-order valence-electron chi connectivity index (χ2n) is 11.8. The first-order valence-electron chi connectivity index (χ1n) is 14.9. The van der Waals surface area contributed by atoms with E-state index in [1.165, 1.54) is 23.1 Å². The Labute approximate surface area is 258 Å². The molecule has 0 radical (unpaired) electrons. The van der Waals surface area contributed by atoms with Gasteiger partial charge < -0.3 is 19.5 Å². The highest BCUT2D eigenvalue weighted by Crippen LogP contribution is 2.46. The number of fused-ring (bicyclic) bond motifs is 2. The van der Waals surface area contributed by atoms with Gasteiger partial charge in [-0.2, -0.15) is 0 Å². The molecule has 9 heteroatoms. The first-order valence-corrected chi connectivity index (χ1v) is 16.2. The number of aldehydes is 1. The zero-order valence-electron chi connectivity index (χ0n) is 24.6. The molecule has 5 rings (SSSR count). The molecule has 1 saturated carbocycles. The summed E-state index contributed by atoms with van der Waals surface area (Å²) in [5.74, 6) is 0.804. The van der Waals surface area contributed by atoms with Gasteiger partial charge in [-0.3, -0.25) is 14.3 Å². The minimum absolute atomic E-state index is 0.00293. The molecule has 2 N–H and O–H groups in total. The zero-order valence-corrected chi connectivity index (χ0v) is 26.1. The van der Waals surface area contributed by atoms with Crippen LogP contribution < -0.4 is 14.4 Å². The SMILES string of the molecule is CCCc1cc(Cl)ccc1C1COc2ccc3cc2N(C1)CC1CCC1C(C=O)(OC)/C=C/CC(O)C(C)SNC3=O. The summed E-state index contributed by atoms with van der Waals surface area (Å²) < 4.78 is 15.3. The van der Waals surface area contributed by atoms with Crippen LogP contribution in [-0.4, -0.2) is 61.1 Å². The average Bonchev–Trinajstić information content (AvgIpc) is 3.16. The smallest absolute Gasteiger partial charge is 0.261 e. The highest BCUT2D eigenvalue weighted by atomic mass is 35.5. The van der Waals surface area contributed by atoms with Crippen molar-refractivity contribution in [1.29, 1.82) is 0 Å². The Balaban J connectivity index is 1.55. The third-order valence-electron chi connectivity index (χ3n) is 9.13.